The highest BCUT2D eigenvalue weighted by Crippen LogP contribution is 2.38. The predicted octanol–water partition coefficient (Wildman–Crippen LogP) is 12.5. The lowest BCUT2D eigenvalue weighted by atomic mass is 9.88. The number of nitrogens with zero attached hydrogens (tertiary/aromatic N) is 3. The van der Waals surface area contributed by atoms with Gasteiger partial charge in [-0.1, -0.05) is 140 Å². The molecule has 0 saturated heterocycles. The lowest BCUT2D eigenvalue weighted by molar-refractivity contribution is 0.669. The molecule has 0 aliphatic heterocycles. The standard InChI is InChI=1S/C47H35N3O/c1-30-10-8-11-31(2)39(30)27-20-32-18-21-34(22-19-32)46-48-45(33-12-4-3-5-13-33)49-47(50-46)38-26-24-35-28-37(25-23-36(35)29-38)40-15-9-17-43-44(40)41-14-6-7-16-42(41)51-43/h3-10,12-29,31H,11H2,1-2H3/b27-20-. The van der Waals surface area contributed by atoms with Crippen molar-refractivity contribution in [3.8, 4) is 45.3 Å². The first-order chi connectivity index (χ1) is 25.1. The second kappa shape index (κ2) is 12.8. The zero-order valence-electron chi connectivity index (χ0n) is 28.5. The number of aromatic nitrogens is 3. The van der Waals surface area contributed by atoms with Crippen LogP contribution in [0.1, 0.15) is 25.8 Å². The van der Waals surface area contributed by atoms with E-state index in [1.807, 2.05) is 48.5 Å². The molecule has 0 amide bonds. The Balaban J connectivity index is 1.08. The summed E-state index contributed by atoms with van der Waals surface area (Å²) in [6.45, 7) is 4.48. The van der Waals surface area contributed by atoms with Gasteiger partial charge >= 0.3 is 0 Å². The van der Waals surface area contributed by atoms with Crippen molar-refractivity contribution in [2.24, 2.45) is 5.92 Å². The fourth-order valence-corrected chi connectivity index (χ4v) is 7.20. The third-order valence-electron chi connectivity index (χ3n) is 9.95. The van der Waals surface area contributed by atoms with Crippen molar-refractivity contribution in [1.82, 2.24) is 15.0 Å². The minimum Gasteiger partial charge on any atom is -0.456 e. The normalized spacial score (nSPS) is 14.7. The highest BCUT2D eigenvalue weighted by Gasteiger charge is 2.15. The van der Waals surface area contributed by atoms with Gasteiger partial charge in [-0.25, -0.2) is 15.0 Å². The second-order valence-electron chi connectivity index (χ2n) is 13.4. The molecule has 244 valence electrons. The van der Waals surface area contributed by atoms with Crippen molar-refractivity contribution in [3.05, 3.63) is 168 Å². The van der Waals surface area contributed by atoms with Gasteiger partial charge in [0, 0.05) is 27.5 Å². The zero-order valence-corrected chi connectivity index (χ0v) is 28.5. The van der Waals surface area contributed by atoms with E-state index in [0.717, 1.165) is 72.5 Å². The molecule has 0 bridgehead atoms. The summed E-state index contributed by atoms with van der Waals surface area (Å²) >= 11 is 0. The second-order valence-corrected chi connectivity index (χ2v) is 13.4. The summed E-state index contributed by atoms with van der Waals surface area (Å²) in [5.41, 5.74) is 10.8. The van der Waals surface area contributed by atoms with Gasteiger partial charge in [-0.05, 0) is 82.1 Å². The molecule has 1 unspecified atom stereocenters. The minimum atomic E-state index is 0.528. The average Bonchev–Trinajstić information content (AvgIpc) is 3.57. The molecule has 9 rings (SSSR count). The summed E-state index contributed by atoms with van der Waals surface area (Å²) in [6.07, 6.45) is 10.0. The first-order valence-electron chi connectivity index (χ1n) is 17.5. The number of furan rings is 1. The Morgan fingerprint density at radius 3 is 1.98 bits per heavy atom. The Bertz CT molecular complexity index is 2680. The number of hydrogen-bond acceptors (Lipinski definition) is 4. The number of allylic oxidation sites excluding steroid dienone is 5. The molecule has 1 atom stereocenters. The first kappa shape index (κ1) is 30.7. The Morgan fingerprint density at radius 2 is 1.22 bits per heavy atom. The number of hydrogen-bond donors (Lipinski definition) is 0. The lowest BCUT2D eigenvalue weighted by Crippen LogP contribution is -2.02. The topological polar surface area (TPSA) is 51.8 Å². The van der Waals surface area contributed by atoms with Crippen LogP contribution in [-0.2, 0) is 0 Å². The molecule has 1 aliphatic carbocycles. The van der Waals surface area contributed by atoms with Crippen molar-refractivity contribution in [2.45, 2.75) is 20.3 Å². The molecule has 4 heteroatoms. The van der Waals surface area contributed by atoms with E-state index in [2.05, 4.69) is 123 Å². The molecule has 0 saturated carbocycles. The fraction of sp³-hybridized carbons (Fsp3) is 0.0851. The third-order valence-corrected chi connectivity index (χ3v) is 9.95. The summed E-state index contributed by atoms with van der Waals surface area (Å²) in [6, 6.07) is 46.2. The Hall–Kier alpha value is -6.39. The molecule has 0 N–H and O–H groups in total. The van der Waals surface area contributed by atoms with Crippen LogP contribution in [0.25, 0.3) is 84.1 Å². The summed E-state index contributed by atoms with van der Waals surface area (Å²) in [5, 5.41) is 4.53. The van der Waals surface area contributed by atoms with Crippen LogP contribution in [0.4, 0.5) is 0 Å². The van der Waals surface area contributed by atoms with Crippen LogP contribution < -0.4 is 0 Å². The summed E-state index contributed by atoms with van der Waals surface area (Å²) < 4.78 is 6.17. The van der Waals surface area contributed by atoms with Gasteiger partial charge < -0.3 is 4.42 Å². The molecule has 4 nitrogen and oxygen atoms in total. The van der Waals surface area contributed by atoms with Crippen LogP contribution in [0.15, 0.2) is 167 Å². The summed E-state index contributed by atoms with van der Waals surface area (Å²) in [7, 11) is 0. The van der Waals surface area contributed by atoms with E-state index in [1.165, 1.54) is 11.1 Å². The average molecular weight is 658 g/mol. The number of rotatable bonds is 6. The highest BCUT2D eigenvalue weighted by molar-refractivity contribution is 6.12. The van der Waals surface area contributed by atoms with E-state index in [4.69, 9.17) is 19.4 Å². The molecule has 2 heterocycles. The Kier molecular flexibility index (Phi) is 7.70. The van der Waals surface area contributed by atoms with Crippen LogP contribution in [0.5, 0.6) is 0 Å². The molecular formula is C47H35N3O. The molecule has 2 aromatic heterocycles. The number of para-hydroxylation sites is 1. The minimum absolute atomic E-state index is 0.528. The van der Waals surface area contributed by atoms with Gasteiger partial charge in [-0.3, -0.25) is 0 Å². The van der Waals surface area contributed by atoms with Gasteiger partial charge in [0.25, 0.3) is 0 Å². The van der Waals surface area contributed by atoms with Gasteiger partial charge in [0.1, 0.15) is 11.2 Å². The van der Waals surface area contributed by atoms with Crippen LogP contribution in [0.2, 0.25) is 0 Å². The van der Waals surface area contributed by atoms with E-state index < -0.39 is 0 Å². The molecule has 0 spiro atoms. The lowest BCUT2D eigenvalue weighted by Gasteiger charge is -2.17. The van der Waals surface area contributed by atoms with Gasteiger partial charge in [-0.15, -0.1) is 0 Å². The summed E-state index contributed by atoms with van der Waals surface area (Å²) in [5.74, 6) is 2.47. The molecule has 0 fully saturated rings. The maximum absolute atomic E-state index is 6.17. The van der Waals surface area contributed by atoms with E-state index in [1.54, 1.807) is 0 Å². The van der Waals surface area contributed by atoms with Crippen molar-refractivity contribution in [1.29, 1.82) is 0 Å². The Labute approximate surface area is 297 Å². The predicted molar refractivity (Wildman–Crippen MR) is 211 cm³/mol. The van der Waals surface area contributed by atoms with E-state index in [0.29, 0.717) is 23.4 Å². The quantitative estimate of drug-likeness (QED) is 0.179. The van der Waals surface area contributed by atoms with Crippen molar-refractivity contribution in [3.63, 3.8) is 0 Å². The summed E-state index contributed by atoms with van der Waals surface area (Å²) in [4.78, 5) is 15.0. The SMILES string of the molecule is CC1=C(/C=C\c2ccc(-c3nc(-c4ccccc4)nc(-c4ccc5cc(-c6cccc7oc8ccccc8c67)ccc5c4)n3)cc2)C(C)CC=C1. The van der Waals surface area contributed by atoms with Crippen LogP contribution in [-0.4, -0.2) is 15.0 Å². The fourth-order valence-electron chi connectivity index (χ4n) is 7.20. The molecule has 8 aromatic rings. The van der Waals surface area contributed by atoms with Crippen molar-refractivity contribution < 1.29 is 4.42 Å². The molecule has 51 heavy (non-hydrogen) atoms. The van der Waals surface area contributed by atoms with Crippen LogP contribution in [0, 0.1) is 5.92 Å². The third kappa shape index (κ3) is 5.85. The van der Waals surface area contributed by atoms with E-state index in [9.17, 15) is 0 Å². The zero-order chi connectivity index (χ0) is 34.3. The first-order valence-corrected chi connectivity index (χ1v) is 17.5. The highest BCUT2D eigenvalue weighted by atomic mass is 16.3. The van der Waals surface area contributed by atoms with Crippen molar-refractivity contribution in [2.75, 3.05) is 0 Å². The van der Waals surface area contributed by atoms with Crippen LogP contribution in [0.3, 0.4) is 0 Å². The number of fused-ring (bicyclic) bond motifs is 4. The number of benzene rings is 6. The van der Waals surface area contributed by atoms with Gasteiger partial charge in [0.05, 0.1) is 0 Å². The maximum Gasteiger partial charge on any atom is 0.164 e. The molecule has 6 aromatic carbocycles. The molecule has 1 aliphatic rings. The van der Waals surface area contributed by atoms with Gasteiger partial charge in [0.2, 0.25) is 0 Å². The van der Waals surface area contributed by atoms with E-state index in [-0.39, 0.29) is 0 Å². The molecular weight excluding hydrogens is 623 g/mol. The molecule has 0 radical (unpaired) electrons. The largest absolute Gasteiger partial charge is 0.456 e. The van der Waals surface area contributed by atoms with Gasteiger partial charge in [-0.2, -0.15) is 0 Å². The maximum atomic E-state index is 6.17. The Morgan fingerprint density at radius 1 is 0.588 bits per heavy atom. The monoisotopic (exact) mass is 657 g/mol. The van der Waals surface area contributed by atoms with Crippen LogP contribution >= 0.6 is 0 Å². The van der Waals surface area contributed by atoms with Crippen molar-refractivity contribution >= 4 is 38.8 Å². The van der Waals surface area contributed by atoms with E-state index >= 15 is 0 Å². The van der Waals surface area contributed by atoms with Gasteiger partial charge in [0.15, 0.2) is 17.5 Å². The smallest absolute Gasteiger partial charge is 0.164 e.